The van der Waals surface area contributed by atoms with E-state index in [1.165, 1.54) is 6.21 Å². The third kappa shape index (κ3) is 4.98. The third-order valence-electron chi connectivity index (χ3n) is 2.94. The van der Waals surface area contributed by atoms with Crippen LogP contribution in [0.15, 0.2) is 47.6 Å². The molecule has 0 fully saturated rings. The molecule has 4 nitrogen and oxygen atoms in total. The van der Waals surface area contributed by atoms with Crippen LogP contribution >= 0.6 is 23.2 Å². The van der Waals surface area contributed by atoms with Crippen LogP contribution in [0.3, 0.4) is 0 Å². The average molecular weight is 351 g/mol. The lowest BCUT2D eigenvalue weighted by Crippen LogP contribution is -2.17. The van der Waals surface area contributed by atoms with Gasteiger partial charge in [-0.1, -0.05) is 42.3 Å². The van der Waals surface area contributed by atoms with Crippen LogP contribution < -0.4 is 10.2 Å². The van der Waals surface area contributed by atoms with Crippen molar-refractivity contribution in [3.63, 3.8) is 0 Å². The van der Waals surface area contributed by atoms with Crippen molar-refractivity contribution in [2.45, 2.75) is 13.3 Å². The summed E-state index contributed by atoms with van der Waals surface area (Å²) in [7, 11) is 0. The lowest BCUT2D eigenvalue weighted by Gasteiger charge is -2.05. The average Bonchev–Trinajstić information content (AvgIpc) is 2.57. The molecule has 0 aliphatic heterocycles. The van der Waals surface area contributed by atoms with Gasteiger partial charge >= 0.3 is 0 Å². The zero-order valence-electron chi connectivity index (χ0n) is 12.6. The number of halogens is 2. The van der Waals surface area contributed by atoms with E-state index >= 15 is 0 Å². The highest BCUT2D eigenvalue weighted by atomic mass is 35.5. The summed E-state index contributed by atoms with van der Waals surface area (Å²) in [6, 6.07) is 12.1. The van der Waals surface area contributed by atoms with Crippen LogP contribution in [0.4, 0.5) is 0 Å². The van der Waals surface area contributed by atoms with E-state index in [-0.39, 0.29) is 5.91 Å². The second kappa shape index (κ2) is 8.56. The maximum atomic E-state index is 12.0. The molecule has 2 aromatic carbocycles. The van der Waals surface area contributed by atoms with Gasteiger partial charge in [0.05, 0.1) is 22.9 Å². The lowest BCUT2D eigenvalue weighted by atomic mass is 10.2. The highest BCUT2D eigenvalue weighted by molar-refractivity contribution is 6.43. The molecule has 6 heteroatoms. The van der Waals surface area contributed by atoms with Crippen molar-refractivity contribution in [1.29, 1.82) is 0 Å². The van der Waals surface area contributed by atoms with Crippen LogP contribution in [0.5, 0.6) is 5.75 Å². The first kappa shape index (κ1) is 17.3. The van der Waals surface area contributed by atoms with Crippen LogP contribution in [0, 0.1) is 0 Å². The molecule has 2 aromatic rings. The Morgan fingerprint density at radius 3 is 2.65 bits per heavy atom. The van der Waals surface area contributed by atoms with Gasteiger partial charge in [0.1, 0.15) is 5.75 Å². The number of nitrogens with zero attached hydrogens (tertiary/aromatic N) is 1. The summed E-state index contributed by atoms with van der Waals surface area (Å²) in [5, 5.41) is 4.72. The highest BCUT2D eigenvalue weighted by Gasteiger charge is 2.05. The summed E-state index contributed by atoms with van der Waals surface area (Å²) in [6.45, 7) is 2.68. The van der Waals surface area contributed by atoms with Crippen molar-refractivity contribution in [2.75, 3.05) is 6.61 Å². The van der Waals surface area contributed by atoms with Gasteiger partial charge in [0.25, 0.3) is 5.91 Å². The maximum Gasteiger partial charge on any atom is 0.271 e. The zero-order chi connectivity index (χ0) is 16.7. The van der Waals surface area contributed by atoms with Crippen molar-refractivity contribution in [3.8, 4) is 5.75 Å². The van der Waals surface area contributed by atoms with Gasteiger partial charge in [-0.25, -0.2) is 5.43 Å². The number of carbonyl (C=O) groups excluding carboxylic acids is 1. The molecular weight excluding hydrogens is 335 g/mol. The van der Waals surface area contributed by atoms with Crippen molar-refractivity contribution < 1.29 is 9.53 Å². The molecule has 1 N–H and O–H groups in total. The first-order valence-electron chi connectivity index (χ1n) is 7.12. The number of amides is 1. The molecule has 0 aromatic heterocycles. The molecule has 0 aliphatic rings. The summed E-state index contributed by atoms with van der Waals surface area (Å²) in [6.07, 6.45) is 2.38. The van der Waals surface area contributed by atoms with Crippen molar-refractivity contribution in [1.82, 2.24) is 5.43 Å². The third-order valence-corrected chi connectivity index (χ3v) is 3.77. The number of hydrogen-bond acceptors (Lipinski definition) is 3. The van der Waals surface area contributed by atoms with Crippen molar-refractivity contribution in [3.05, 3.63) is 63.6 Å². The lowest BCUT2D eigenvalue weighted by molar-refractivity contribution is 0.0955. The van der Waals surface area contributed by atoms with E-state index in [0.29, 0.717) is 27.8 Å². The van der Waals surface area contributed by atoms with E-state index in [0.717, 1.165) is 12.2 Å². The molecule has 0 aliphatic carbocycles. The molecule has 0 saturated heterocycles. The van der Waals surface area contributed by atoms with E-state index in [4.69, 9.17) is 27.9 Å². The molecule has 0 bridgehead atoms. The summed E-state index contributed by atoms with van der Waals surface area (Å²) >= 11 is 11.9. The molecule has 0 saturated carbocycles. The highest BCUT2D eigenvalue weighted by Crippen LogP contribution is 2.24. The SMILES string of the molecule is CCCOc1ccc(C(=O)NN=Cc2cccc(Cl)c2Cl)cc1. The first-order valence-corrected chi connectivity index (χ1v) is 7.87. The molecule has 1 amide bonds. The predicted octanol–water partition coefficient (Wildman–Crippen LogP) is 4.55. The van der Waals surface area contributed by atoms with Gasteiger partial charge in [0, 0.05) is 11.1 Å². The smallest absolute Gasteiger partial charge is 0.271 e. The number of rotatable bonds is 6. The maximum absolute atomic E-state index is 12.0. The fraction of sp³-hybridized carbons (Fsp3) is 0.176. The second-order valence-corrected chi connectivity index (χ2v) is 5.50. The minimum Gasteiger partial charge on any atom is -0.494 e. The molecule has 0 heterocycles. The monoisotopic (exact) mass is 350 g/mol. The summed E-state index contributed by atoms with van der Waals surface area (Å²) < 4.78 is 5.46. The fourth-order valence-electron chi connectivity index (χ4n) is 1.77. The van der Waals surface area contributed by atoms with E-state index < -0.39 is 0 Å². The van der Waals surface area contributed by atoms with Crippen LogP contribution in [0.25, 0.3) is 0 Å². The Bertz CT molecular complexity index is 700. The zero-order valence-corrected chi connectivity index (χ0v) is 14.1. The Labute approximate surface area is 145 Å². The Morgan fingerprint density at radius 1 is 1.22 bits per heavy atom. The Hall–Kier alpha value is -2.04. The Balaban J connectivity index is 1.96. The molecule has 0 unspecified atom stereocenters. The number of nitrogens with one attached hydrogen (secondary N) is 1. The van der Waals surface area contributed by atoms with Crippen LogP contribution in [0.2, 0.25) is 10.0 Å². The van der Waals surface area contributed by atoms with E-state index in [2.05, 4.69) is 10.5 Å². The number of benzene rings is 2. The number of ether oxygens (including phenoxy) is 1. The van der Waals surface area contributed by atoms with Crippen LogP contribution in [-0.2, 0) is 0 Å². The summed E-state index contributed by atoms with van der Waals surface area (Å²) in [5.74, 6) is 0.416. The number of carbonyl (C=O) groups is 1. The normalized spacial score (nSPS) is 10.7. The fourth-order valence-corrected chi connectivity index (χ4v) is 2.12. The predicted molar refractivity (Wildman–Crippen MR) is 93.8 cm³/mol. The molecule has 23 heavy (non-hydrogen) atoms. The number of hydrazone groups is 1. The summed E-state index contributed by atoms with van der Waals surface area (Å²) in [4.78, 5) is 12.0. The van der Waals surface area contributed by atoms with Gasteiger partial charge in [0.2, 0.25) is 0 Å². The molecule has 0 atom stereocenters. The van der Waals surface area contributed by atoms with Gasteiger partial charge in [-0.15, -0.1) is 0 Å². The van der Waals surface area contributed by atoms with Gasteiger partial charge in [-0.05, 0) is 36.8 Å². The van der Waals surface area contributed by atoms with Gasteiger partial charge in [-0.3, -0.25) is 4.79 Å². The van der Waals surface area contributed by atoms with E-state index in [1.54, 1.807) is 42.5 Å². The summed E-state index contributed by atoms with van der Waals surface area (Å²) in [5.41, 5.74) is 3.56. The van der Waals surface area contributed by atoms with Crippen LogP contribution in [0.1, 0.15) is 29.3 Å². The molecule has 0 radical (unpaired) electrons. The van der Waals surface area contributed by atoms with Gasteiger partial charge < -0.3 is 4.74 Å². The minimum atomic E-state index is -0.318. The number of hydrogen-bond donors (Lipinski definition) is 1. The van der Waals surface area contributed by atoms with E-state index in [9.17, 15) is 4.79 Å². The quantitative estimate of drug-likeness (QED) is 0.613. The Morgan fingerprint density at radius 2 is 1.96 bits per heavy atom. The van der Waals surface area contributed by atoms with Crippen molar-refractivity contribution in [2.24, 2.45) is 5.10 Å². The van der Waals surface area contributed by atoms with Gasteiger partial charge in [0.15, 0.2) is 0 Å². The topological polar surface area (TPSA) is 50.7 Å². The molecule has 2 rings (SSSR count). The first-order chi connectivity index (χ1) is 11.1. The minimum absolute atomic E-state index is 0.318. The largest absolute Gasteiger partial charge is 0.494 e. The standard InChI is InChI=1S/C17H16Cl2N2O2/c1-2-10-23-14-8-6-12(7-9-14)17(22)21-20-11-13-4-3-5-15(18)16(13)19/h3-9,11H,2,10H2,1H3,(H,21,22). The van der Waals surface area contributed by atoms with Crippen molar-refractivity contribution >= 4 is 35.3 Å². The molecule has 0 spiro atoms. The van der Waals surface area contributed by atoms with Gasteiger partial charge in [-0.2, -0.15) is 5.10 Å². The van der Waals surface area contributed by atoms with Crippen LogP contribution in [-0.4, -0.2) is 18.7 Å². The molecular formula is C17H16Cl2N2O2. The second-order valence-electron chi connectivity index (χ2n) is 4.72. The Kier molecular flexibility index (Phi) is 6.44. The molecule has 120 valence electrons. The van der Waals surface area contributed by atoms with E-state index in [1.807, 2.05) is 6.92 Å².